The van der Waals surface area contributed by atoms with E-state index in [0.717, 1.165) is 0 Å². The summed E-state index contributed by atoms with van der Waals surface area (Å²) in [4.78, 5) is 9.42. The Balaban J connectivity index is 3.45. The molecule has 0 bridgehead atoms. The Bertz CT molecular complexity index is 57.1. The minimum atomic E-state index is -1.00. The van der Waals surface area contributed by atoms with E-state index in [-0.39, 0.29) is 0 Å². The summed E-state index contributed by atoms with van der Waals surface area (Å²) in [5.41, 5.74) is 0. The van der Waals surface area contributed by atoms with Gasteiger partial charge in [-0.25, -0.2) is 0 Å². The summed E-state index contributed by atoms with van der Waals surface area (Å²) < 4.78 is -1.00. The third-order valence-electron chi connectivity index (χ3n) is 0.173. The van der Waals surface area contributed by atoms with Crippen LogP contribution < -0.4 is 0 Å². The first kappa shape index (κ1) is 6.30. The van der Waals surface area contributed by atoms with Crippen LogP contribution in [0.2, 0.25) is 0 Å². The third kappa shape index (κ3) is 4.30. The maximum Gasteiger partial charge on any atom is 0.185 e. The average Bonchev–Trinajstić information content (AvgIpc) is 1.35. The van der Waals surface area contributed by atoms with Gasteiger partial charge < -0.3 is 0 Å². The number of hydrogen-bond donors (Lipinski definition) is 2. The van der Waals surface area contributed by atoms with Crippen molar-refractivity contribution in [3.63, 3.8) is 0 Å². The van der Waals surface area contributed by atoms with Crippen LogP contribution in [-0.4, -0.2) is 4.20 Å². The van der Waals surface area contributed by atoms with E-state index in [1.54, 1.807) is 0 Å². The summed E-state index contributed by atoms with van der Waals surface area (Å²) in [7, 11) is 0. The van der Waals surface area contributed by atoms with Crippen LogP contribution in [0.1, 0.15) is 6.92 Å². The fraction of sp³-hybridized carbons (Fsp3) is 1.00. The van der Waals surface area contributed by atoms with Gasteiger partial charge in [-0.1, -0.05) is 0 Å². The van der Waals surface area contributed by atoms with Crippen LogP contribution in [-0.2, 0) is 0 Å². The van der Waals surface area contributed by atoms with E-state index >= 15 is 0 Å². The van der Waals surface area contributed by atoms with Crippen LogP contribution >= 0.6 is 25.3 Å². The number of nitroso groups, excluding NO2 is 1. The molecule has 0 aromatic rings. The van der Waals surface area contributed by atoms with Gasteiger partial charge in [0.05, 0.1) is 0 Å². The van der Waals surface area contributed by atoms with E-state index in [4.69, 9.17) is 0 Å². The molecule has 0 aliphatic heterocycles. The van der Waals surface area contributed by atoms with Gasteiger partial charge in [0.1, 0.15) is 0 Å². The van der Waals surface area contributed by atoms with Gasteiger partial charge in [-0.15, -0.1) is 30.2 Å². The molecule has 0 amide bonds. The summed E-state index contributed by atoms with van der Waals surface area (Å²) in [6, 6.07) is 0. The second-order valence-corrected chi connectivity index (χ2v) is 3.16. The van der Waals surface area contributed by atoms with Crippen molar-refractivity contribution in [3.8, 4) is 0 Å². The van der Waals surface area contributed by atoms with Crippen LogP contribution in [0, 0.1) is 4.91 Å². The highest BCUT2D eigenvalue weighted by atomic mass is 32.2. The molecule has 0 aliphatic carbocycles. The van der Waals surface area contributed by atoms with E-state index in [0.29, 0.717) is 0 Å². The van der Waals surface area contributed by atoms with E-state index in [2.05, 4.69) is 30.4 Å². The molecule has 0 aliphatic rings. The molecule has 0 atom stereocenters. The SMILES string of the molecule is CC(S)(S)N=O. The van der Waals surface area contributed by atoms with Gasteiger partial charge in [-0.3, -0.25) is 0 Å². The lowest BCUT2D eigenvalue weighted by Gasteiger charge is -1.99. The van der Waals surface area contributed by atoms with Crippen molar-refractivity contribution in [2.75, 3.05) is 0 Å². The first-order chi connectivity index (χ1) is 2.56. The quantitative estimate of drug-likeness (QED) is 0.307. The van der Waals surface area contributed by atoms with Crippen LogP contribution in [0.3, 0.4) is 0 Å². The first-order valence-electron chi connectivity index (χ1n) is 1.35. The molecule has 0 fully saturated rings. The molecule has 0 aromatic heterocycles. The molecule has 0 spiro atoms. The molecule has 6 heavy (non-hydrogen) atoms. The molecule has 0 aromatic carbocycles. The topological polar surface area (TPSA) is 29.4 Å². The lowest BCUT2D eigenvalue weighted by atomic mass is 10.8. The number of rotatable bonds is 1. The average molecular weight is 123 g/mol. The Hall–Kier alpha value is 0.300. The summed E-state index contributed by atoms with van der Waals surface area (Å²) >= 11 is 7.28. The standard InChI is InChI=1S/C2H5NOS2/c1-2(5,6)3-4/h5-6H,1H3. The molecule has 0 radical (unpaired) electrons. The zero-order valence-electron chi connectivity index (χ0n) is 3.25. The largest absolute Gasteiger partial charge is 0.185 e. The molecule has 0 N–H and O–H groups in total. The Morgan fingerprint density at radius 3 is 1.83 bits per heavy atom. The van der Waals surface area contributed by atoms with Crippen molar-refractivity contribution in [1.29, 1.82) is 0 Å². The van der Waals surface area contributed by atoms with Gasteiger partial charge in [0, 0.05) is 0 Å². The third-order valence-corrected chi connectivity index (χ3v) is 0.336. The summed E-state index contributed by atoms with van der Waals surface area (Å²) in [6.07, 6.45) is 0. The van der Waals surface area contributed by atoms with Crippen LogP contribution in [0.15, 0.2) is 5.18 Å². The number of nitrogens with zero attached hydrogens (tertiary/aromatic N) is 1. The van der Waals surface area contributed by atoms with Crippen molar-refractivity contribution >= 4 is 25.3 Å². The fourth-order valence-corrected chi connectivity index (χ4v) is 0. The molecule has 0 saturated carbocycles. The summed E-state index contributed by atoms with van der Waals surface area (Å²) in [6.45, 7) is 1.49. The van der Waals surface area contributed by atoms with E-state index < -0.39 is 4.20 Å². The minimum Gasteiger partial charge on any atom is -0.148 e. The first-order valence-corrected chi connectivity index (χ1v) is 2.25. The molecule has 0 heterocycles. The van der Waals surface area contributed by atoms with Gasteiger partial charge in [0.25, 0.3) is 0 Å². The Morgan fingerprint density at radius 1 is 1.67 bits per heavy atom. The lowest BCUT2D eigenvalue weighted by molar-refractivity contribution is 0.974. The Morgan fingerprint density at radius 2 is 1.83 bits per heavy atom. The highest BCUT2D eigenvalue weighted by Crippen LogP contribution is 2.17. The van der Waals surface area contributed by atoms with E-state index in [1.807, 2.05) is 0 Å². The smallest absolute Gasteiger partial charge is 0.148 e. The van der Waals surface area contributed by atoms with Gasteiger partial charge in [0.2, 0.25) is 0 Å². The highest BCUT2D eigenvalue weighted by molar-refractivity contribution is 8.00. The van der Waals surface area contributed by atoms with Gasteiger partial charge >= 0.3 is 0 Å². The maximum atomic E-state index is 9.42. The van der Waals surface area contributed by atoms with Crippen molar-refractivity contribution in [1.82, 2.24) is 0 Å². The second-order valence-electron chi connectivity index (χ2n) is 1.06. The van der Waals surface area contributed by atoms with Gasteiger partial charge in [0.15, 0.2) is 4.20 Å². The van der Waals surface area contributed by atoms with Crippen LogP contribution in [0.5, 0.6) is 0 Å². The zero-order chi connectivity index (χ0) is 5.21. The molecule has 4 heteroatoms. The van der Waals surface area contributed by atoms with Crippen molar-refractivity contribution < 1.29 is 0 Å². The van der Waals surface area contributed by atoms with Crippen molar-refractivity contribution in [2.45, 2.75) is 11.1 Å². The predicted molar refractivity (Wildman–Crippen MR) is 32.2 cm³/mol. The molecular weight excluding hydrogens is 118 g/mol. The van der Waals surface area contributed by atoms with E-state index in [1.165, 1.54) is 6.92 Å². The van der Waals surface area contributed by atoms with Crippen molar-refractivity contribution in [2.24, 2.45) is 5.18 Å². The number of thiol groups is 2. The molecular formula is C2H5NOS2. The van der Waals surface area contributed by atoms with E-state index in [9.17, 15) is 4.91 Å². The fourth-order valence-electron chi connectivity index (χ4n) is 0. The molecule has 0 rings (SSSR count). The monoisotopic (exact) mass is 123 g/mol. The summed E-state index contributed by atoms with van der Waals surface area (Å²) in [5.74, 6) is 0. The van der Waals surface area contributed by atoms with Crippen molar-refractivity contribution in [3.05, 3.63) is 4.91 Å². The second kappa shape index (κ2) is 1.84. The molecule has 0 saturated heterocycles. The predicted octanol–water partition coefficient (Wildman–Crippen LogP) is 1.29. The Labute approximate surface area is 47.1 Å². The highest BCUT2D eigenvalue weighted by Gasteiger charge is 2.09. The lowest BCUT2D eigenvalue weighted by Crippen LogP contribution is -1.97. The number of hydrogen-bond acceptors (Lipinski definition) is 4. The van der Waals surface area contributed by atoms with Crippen LogP contribution in [0.25, 0.3) is 0 Å². The van der Waals surface area contributed by atoms with Crippen LogP contribution in [0.4, 0.5) is 0 Å². The summed E-state index contributed by atoms with van der Waals surface area (Å²) in [5, 5.41) is 2.50. The molecule has 0 unspecified atom stereocenters. The zero-order valence-corrected chi connectivity index (χ0v) is 5.04. The molecule has 2 nitrogen and oxygen atoms in total. The maximum absolute atomic E-state index is 9.42. The normalized spacial score (nSPS) is 11.2. The Kier molecular flexibility index (Phi) is 1.93. The van der Waals surface area contributed by atoms with Gasteiger partial charge in [-0.05, 0) is 12.1 Å². The minimum absolute atomic E-state index is 1.00. The molecule has 36 valence electrons. The van der Waals surface area contributed by atoms with Gasteiger partial charge in [-0.2, -0.15) is 0 Å².